The van der Waals surface area contributed by atoms with Crippen LogP contribution in [0.5, 0.6) is 0 Å². The molecule has 0 aliphatic rings. The van der Waals surface area contributed by atoms with Gasteiger partial charge in [0.25, 0.3) is 0 Å². The van der Waals surface area contributed by atoms with Gasteiger partial charge in [-0.3, -0.25) is 0 Å². The van der Waals surface area contributed by atoms with Gasteiger partial charge in [-0.1, -0.05) is 44.9 Å². The SMILES string of the molecule is CCC(C)(C)Cc1ccc(F)cc1Cl. The predicted molar refractivity (Wildman–Crippen MR) is 59.2 cm³/mol. The molecule has 1 rings (SSSR count). The standard InChI is InChI=1S/C12H16ClF/c1-4-12(2,3)8-9-5-6-10(14)7-11(9)13/h5-7H,4,8H2,1-3H3. The van der Waals surface area contributed by atoms with Crippen LogP contribution >= 0.6 is 11.6 Å². The van der Waals surface area contributed by atoms with E-state index < -0.39 is 0 Å². The van der Waals surface area contributed by atoms with Crippen molar-refractivity contribution >= 4 is 11.6 Å². The van der Waals surface area contributed by atoms with E-state index in [0.29, 0.717) is 5.02 Å². The Morgan fingerprint density at radius 1 is 1.36 bits per heavy atom. The fourth-order valence-corrected chi connectivity index (χ4v) is 1.54. The summed E-state index contributed by atoms with van der Waals surface area (Å²) in [5, 5.41) is 0.534. The highest BCUT2D eigenvalue weighted by molar-refractivity contribution is 6.31. The van der Waals surface area contributed by atoms with Crippen molar-refractivity contribution in [3.8, 4) is 0 Å². The van der Waals surface area contributed by atoms with E-state index in [0.717, 1.165) is 18.4 Å². The van der Waals surface area contributed by atoms with Gasteiger partial charge >= 0.3 is 0 Å². The predicted octanol–water partition coefficient (Wildman–Crippen LogP) is 4.46. The quantitative estimate of drug-likeness (QED) is 0.697. The van der Waals surface area contributed by atoms with Gasteiger partial charge in [0, 0.05) is 5.02 Å². The molecule has 14 heavy (non-hydrogen) atoms. The zero-order valence-corrected chi connectivity index (χ0v) is 9.66. The fourth-order valence-electron chi connectivity index (χ4n) is 1.31. The third-order valence-electron chi connectivity index (χ3n) is 2.64. The van der Waals surface area contributed by atoms with Crippen molar-refractivity contribution in [2.75, 3.05) is 0 Å². The zero-order valence-electron chi connectivity index (χ0n) is 8.90. The van der Waals surface area contributed by atoms with Crippen molar-refractivity contribution in [3.05, 3.63) is 34.6 Å². The smallest absolute Gasteiger partial charge is 0.124 e. The summed E-state index contributed by atoms with van der Waals surface area (Å²) in [4.78, 5) is 0. The van der Waals surface area contributed by atoms with Crippen LogP contribution in [-0.4, -0.2) is 0 Å². The average molecular weight is 215 g/mol. The molecular formula is C12H16ClF. The molecule has 1 aromatic carbocycles. The van der Waals surface area contributed by atoms with Gasteiger partial charge < -0.3 is 0 Å². The molecule has 0 fully saturated rings. The molecule has 0 aliphatic heterocycles. The van der Waals surface area contributed by atoms with Crippen LogP contribution in [0.15, 0.2) is 18.2 Å². The molecule has 0 saturated heterocycles. The first kappa shape index (κ1) is 11.5. The highest BCUT2D eigenvalue weighted by Gasteiger charge is 2.17. The Morgan fingerprint density at radius 3 is 2.50 bits per heavy atom. The topological polar surface area (TPSA) is 0 Å². The van der Waals surface area contributed by atoms with Crippen LogP contribution < -0.4 is 0 Å². The Hall–Kier alpha value is -0.560. The van der Waals surface area contributed by atoms with Gasteiger partial charge in [-0.2, -0.15) is 0 Å². The Kier molecular flexibility index (Phi) is 3.54. The first-order chi connectivity index (χ1) is 6.44. The van der Waals surface area contributed by atoms with E-state index in [-0.39, 0.29) is 11.2 Å². The summed E-state index contributed by atoms with van der Waals surface area (Å²) in [6.45, 7) is 6.52. The lowest BCUT2D eigenvalue weighted by atomic mass is 9.83. The number of benzene rings is 1. The lowest BCUT2D eigenvalue weighted by molar-refractivity contribution is 0.349. The molecule has 0 bridgehead atoms. The van der Waals surface area contributed by atoms with Crippen molar-refractivity contribution in [1.82, 2.24) is 0 Å². The van der Waals surface area contributed by atoms with Crippen molar-refractivity contribution in [2.45, 2.75) is 33.6 Å². The third-order valence-corrected chi connectivity index (χ3v) is 2.99. The van der Waals surface area contributed by atoms with Gasteiger partial charge in [0.1, 0.15) is 5.82 Å². The van der Waals surface area contributed by atoms with E-state index in [9.17, 15) is 4.39 Å². The van der Waals surface area contributed by atoms with Crippen LogP contribution in [0.4, 0.5) is 4.39 Å². The lowest BCUT2D eigenvalue weighted by Crippen LogP contribution is -2.13. The Balaban J connectivity index is 2.87. The van der Waals surface area contributed by atoms with Crippen LogP contribution in [0.25, 0.3) is 0 Å². The second-order valence-corrected chi connectivity index (χ2v) is 4.84. The van der Waals surface area contributed by atoms with Crippen LogP contribution in [-0.2, 0) is 6.42 Å². The van der Waals surface area contributed by atoms with Crippen molar-refractivity contribution < 1.29 is 4.39 Å². The molecule has 0 nitrogen and oxygen atoms in total. The number of rotatable bonds is 3. The molecule has 0 heterocycles. The normalized spacial score (nSPS) is 11.8. The minimum absolute atomic E-state index is 0.224. The van der Waals surface area contributed by atoms with Crippen LogP contribution in [0, 0.1) is 11.2 Å². The highest BCUT2D eigenvalue weighted by Crippen LogP contribution is 2.29. The Bertz CT molecular complexity index is 318. The molecule has 0 aliphatic carbocycles. The van der Waals surface area contributed by atoms with E-state index in [2.05, 4.69) is 20.8 Å². The van der Waals surface area contributed by atoms with E-state index in [1.807, 2.05) is 0 Å². The summed E-state index contributed by atoms with van der Waals surface area (Å²) in [7, 11) is 0. The summed E-state index contributed by atoms with van der Waals surface area (Å²) in [6, 6.07) is 4.62. The molecule has 78 valence electrons. The maximum absolute atomic E-state index is 12.8. The molecule has 0 spiro atoms. The van der Waals surface area contributed by atoms with Crippen molar-refractivity contribution in [2.24, 2.45) is 5.41 Å². The first-order valence-corrected chi connectivity index (χ1v) is 5.26. The number of hydrogen-bond donors (Lipinski definition) is 0. The molecule has 0 amide bonds. The maximum Gasteiger partial charge on any atom is 0.124 e. The van der Waals surface area contributed by atoms with Gasteiger partial charge in [-0.25, -0.2) is 4.39 Å². The van der Waals surface area contributed by atoms with Gasteiger partial charge in [0.2, 0.25) is 0 Å². The summed E-state index contributed by atoms with van der Waals surface area (Å²) >= 11 is 5.95. The molecule has 2 heteroatoms. The summed E-state index contributed by atoms with van der Waals surface area (Å²) in [6.07, 6.45) is 1.98. The monoisotopic (exact) mass is 214 g/mol. The Labute approximate surface area is 90.1 Å². The highest BCUT2D eigenvalue weighted by atomic mass is 35.5. The minimum Gasteiger partial charge on any atom is -0.207 e. The van der Waals surface area contributed by atoms with Crippen molar-refractivity contribution in [3.63, 3.8) is 0 Å². The van der Waals surface area contributed by atoms with E-state index >= 15 is 0 Å². The Morgan fingerprint density at radius 2 is 2.00 bits per heavy atom. The second kappa shape index (κ2) is 4.31. The zero-order chi connectivity index (χ0) is 10.8. The largest absolute Gasteiger partial charge is 0.207 e. The summed E-state index contributed by atoms with van der Waals surface area (Å²) in [5.74, 6) is -0.270. The van der Waals surface area contributed by atoms with Crippen LogP contribution in [0.1, 0.15) is 32.8 Å². The van der Waals surface area contributed by atoms with Crippen LogP contribution in [0.2, 0.25) is 5.02 Å². The van der Waals surface area contributed by atoms with E-state index in [1.165, 1.54) is 12.1 Å². The molecule has 1 aromatic rings. The van der Waals surface area contributed by atoms with E-state index in [4.69, 9.17) is 11.6 Å². The molecule has 0 radical (unpaired) electrons. The maximum atomic E-state index is 12.8. The summed E-state index contributed by atoms with van der Waals surface area (Å²) < 4.78 is 12.8. The molecule has 0 aromatic heterocycles. The average Bonchev–Trinajstić information content (AvgIpc) is 2.10. The van der Waals surface area contributed by atoms with Crippen LogP contribution in [0.3, 0.4) is 0 Å². The molecular weight excluding hydrogens is 199 g/mol. The molecule has 0 atom stereocenters. The second-order valence-electron chi connectivity index (χ2n) is 4.43. The van der Waals surface area contributed by atoms with Gasteiger partial charge in [0.05, 0.1) is 0 Å². The van der Waals surface area contributed by atoms with Gasteiger partial charge in [-0.15, -0.1) is 0 Å². The fraction of sp³-hybridized carbons (Fsp3) is 0.500. The first-order valence-electron chi connectivity index (χ1n) is 4.88. The molecule has 0 unspecified atom stereocenters. The van der Waals surface area contributed by atoms with Gasteiger partial charge in [-0.05, 0) is 29.5 Å². The third kappa shape index (κ3) is 2.98. The number of hydrogen-bond acceptors (Lipinski definition) is 0. The lowest BCUT2D eigenvalue weighted by Gasteiger charge is -2.23. The minimum atomic E-state index is -0.270. The van der Waals surface area contributed by atoms with E-state index in [1.54, 1.807) is 6.07 Å². The number of halogens is 2. The molecule has 0 N–H and O–H groups in total. The van der Waals surface area contributed by atoms with Crippen molar-refractivity contribution in [1.29, 1.82) is 0 Å². The molecule has 0 saturated carbocycles. The summed E-state index contributed by atoms with van der Waals surface area (Å²) in [5.41, 5.74) is 1.25. The van der Waals surface area contributed by atoms with Gasteiger partial charge in [0.15, 0.2) is 0 Å².